The van der Waals surface area contributed by atoms with E-state index >= 15 is 0 Å². The van der Waals surface area contributed by atoms with Gasteiger partial charge in [0.1, 0.15) is 5.78 Å². The summed E-state index contributed by atoms with van der Waals surface area (Å²) in [4.78, 5) is 10.4. The van der Waals surface area contributed by atoms with Crippen molar-refractivity contribution in [3.8, 4) is 0 Å². The Balaban J connectivity index is 3.28. The number of hydrogen-bond donors (Lipinski definition) is 0. The number of hydrogen-bond acceptors (Lipinski definition) is 3. The van der Waals surface area contributed by atoms with Crippen LogP contribution in [0.3, 0.4) is 0 Å². The van der Waals surface area contributed by atoms with Crippen molar-refractivity contribution in [1.82, 2.24) is 0 Å². The Morgan fingerprint density at radius 1 is 1.56 bits per heavy atom. The highest BCUT2D eigenvalue weighted by Gasteiger charge is 1.96. The maximum absolute atomic E-state index is 10.4. The van der Waals surface area contributed by atoms with Crippen molar-refractivity contribution < 1.29 is 4.79 Å². The molecule has 0 aliphatic heterocycles. The van der Waals surface area contributed by atoms with E-state index in [1.165, 1.54) is 0 Å². The van der Waals surface area contributed by atoms with E-state index in [1.54, 1.807) is 18.7 Å². The van der Waals surface area contributed by atoms with Crippen LogP contribution >= 0.6 is 24.0 Å². The fourth-order valence-electron chi connectivity index (χ4n) is 0.380. The summed E-state index contributed by atoms with van der Waals surface area (Å²) in [5, 5.41) is 0. The third-order valence-electron chi connectivity index (χ3n) is 0.909. The summed E-state index contributed by atoms with van der Waals surface area (Å²) < 4.78 is 0.921. The first-order valence-electron chi connectivity index (χ1n) is 2.73. The molecule has 0 fully saturated rings. The smallest absolute Gasteiger partial charge is 0.130 e. The highest BCUT2D eigenvalue weighted by atomic mass is 32.2. The molecule has 3 heteroatoms. The van der Waals surface area contributed by atoms with Crippen molar-refractivity contribution in [3.63, 3.8) is 0 Å². The van der Waals surface area contributed by atoms with Gasteiger partial charge in [0.05, 0.1) is 0 Å². The third kappa shape index (κ3) is 5.99. The van der Waals surface area contributed by atoms with Gasteiger partial charge in [-0.15, -0.1) is 11.8 Å². The minimum absolute atomic E-state index is 0.214. The molecule has 0 atom stereocenters. The lowest BCUT2D eigenvalue weighted by molar-refractivity contribution is -0.116. The molecule has 0 saturated heterocycles. The first-order valence-corrected chi connectivity index (χ1v) is 4.36. The molecular weight excluding hydrogens is 152 g/mol. The van der Waals surface area contributed by atoms with Crippen LogP contribution in [0.15, 0.2) is 0 Å². The van der Waals surface area contributed by atoms with E-state index in [9.17, 15) is 4.79 Å². The number of Topliss-reactive ketones (excluding diaryl/α,β-unsaturated/α-hetero) is 1. The molecule has 0 aromatic rings. The van der Waals surface area contributed by atoms with Crippen LogP contribution in [-0.4, -0.2) is 16.2 Å². The van der Waals surface area contributed by atoms with Gasteiger partial charge in [-0.05, 0) is 19.6 Å². The Hall–Kier alpha value is 0.110. The molecule has 0 spiro atoms. The Kier molecular flexibility index (Phi) is 5.00. The number of rotatable bonds is 3. The second-order valence-corrected chi connectivity index (χ2v) is 3.43. The van der Waals surface area contributed by atoms with Gasteiger partial charge in [-0.25, -0.2) is 0 Å². The summed E-state index contributed by atoms with van der Waals surface area (Å²) in [6, 6.07) is 0. The first kappa shape index (κ1) is 9.11. The minimum Gasteiger partial charge on any atom is -0.300 e. The summed E-state index contributed by atoms with van der Waals surface area (Å²) in [7, 11) is 0. The molecule has 0 aliphatic rings. The van der Waals surface area contributed by atoms with Crippen molar-refractivity contribution in [2.45, 2.75) is 19.8 Å². The minimum atomic E-state index is 0.214. The van der Waals surface area contributed by atoms with E-state index < -0.39 is 0 Å². The SMILES string of the molecule is CSC(=S)CCC(C)=O. The van der Waals surface area contributed by atoms with Gasteiger partial charge in [-0.1, -0.05) is 12.2 Å². The van der Waals surface area contributed by atoms with Crippen LogP contribution < -0.4 is 0 Å². The molecule has 0 saturated carbocycles. The molecule has 1 nitrogen and oxygen atoms in total. The van der Waals surface area contributed by atoms with Crippen LogP contribution in [0.2, 0.25) is 0 Å². The Morgan fingerprint density at radius 3 is 2.44 bits per heavy atom. The molecule has 0 radical (unpaired) electrons. The maximum Gasteiger partial charge on any atom is 0.130 e. The third-order valence-corrected chi connectivity index (χ3v) is 2.27. The van der Waals surface area contributed by atoms with Gasteiger partial charge in [-0.2, -0.15) is 0 Å². The largest absolute Gasteiger partial charge is 0.300 e. The number of carbonyl (C=O) groups is 1. The lowest BCUT2D eigenvalue weighted by atomic mass is 10.3. The van der Waals surface area contributed by atoms with Gasteiger partial charge in [-0.3, -0.25) is 0 Å². The number of thioether (sulfide) groups is 1. The molecule has 0 aromatic carbocycles. The van der Waals surface area contributed by atoms with Gasteiger partial charge in [0.15, 0.2) is 0 Å². The normalized spacial score (nSPS) is 9.11. The molecule has 0 rings (SSSR count). The van der Waals surface area contributed by atoms with E-state index in [1.807, 2.05) is 6.26 Å². The molecule has 0 heterocycles. The van der Waals surface area contributed by atoms with E-state index in [0.29, 0.717) is 6.42 Å². The maximum atomic E-state index is 10.4. The molecule has 0 aliphatic carbocycles. The highest BCUT2D eigenvalue weighted by Crippen LogP contribution is 2.05. The highest BCUT2D eigenvalue weighted by molar-refractivity contribution is 8.22. The summed E-state index contributed by atoms with van der Waals surface area (Å²) in [5.74, 6) is 0.214. The molecule has 9 heavy (non-hydrogen) atoms. The predicted octanol–water partition coefficient (Wildman–Crippen LogP) is 2.05. The zero-order valence-corrected chi connectivity index (χ0v) is 7.27. The van der Waals surface area contributed by atoms with E-state index in [0.717, 1.165) is 10.6 Å². The van der Waals surface area contributed by atoms with Crippen LogP contribution in [0.25, 0.3) is 0 Å². The fourth-order valence-corrected chi connectivity index (χ4v) is 0.788. The van der Waals surface area contributed by atoms with Gasteiger partial charge in [0, 0.05) is 10.6 Å². The van der Waals surface area contributed by atoms with Gasteiger partial charge in [0.2, 0.25) is 0 Å². The quantitative estimate of drug-likeness (QED) is 0.591. The molecule has 0 amide bonds. The van der Waals surface area contributed by atoms with Crippen LogP contribution in [0.5, 0.6) is 0 Å². The summed E-state index contributed by atoms with van der Waals surface area (Å²) in [6.07, 6.45) is 3.29. The van der Waals surface area contributed by atoms with E-state index in [-0.39, 0.29) is 5.78 Å². The monoisotopic (exact) mass is 162 g/mol. The van der Waals surface area contributed by atoms with Crippen molar-refractivity contribution in [2.75, 3.05) is 6.26 Å². The first-order chi connectivity index (χ1) is 4.16. The molecular formula is C6H10OS2. The van der Waals surface area contributed by atoms with Crippen molar-refractivity contribution in [3.05, 3.63) is 0 Å². The van der Waals surface area contributed by atoms with Gasteiger partial charge >= 0.3 is 0 Å². The Labute approximate surface area is 65.2 Å². The summed E-state index contributed by atoms with van der Waals surface area (Å²) in [6.45, 7) is 1.59. The standard InChI is InChI=1S/C6H10OS2/c1-5(7)3-4-6(8)9-2/h3-4H2,1-2H3. The zero-order valence-electron chi connectivity index (χ0n) is 5.64. The van der Waals surface area contributed by atoms with Crippen molar-refractivity contribution >= 4 is 34.0 Å². The molecule has 0 N–H and O–H groups in total. The van der Waals surface area contributed by atoms with E-state index in [4.69, 9.17) is 12.2 Å². The number of ketones is 1. The van der Waals surface area contributed by atoms with Crippen LogP contribution in [0.1, 0.15) is 19.8 Å². The Morgan fingerprint density at radius 2 is 2.11 bits per heavy atom. The van der Waals surface area contributed by atoms with Crippen molar-refractivity contribution in [1.29, 1.82) is 0 Å². The lowest BCUT2D eigenvalue weighted by Gasteiger charge is -1.94. The summed E-state index contributed by atoms with van der Waals surface area (Å²) in [5.41, 5.74) is 0. The molecule has 0 bridgehead atoms. The van der Waals surface area contributed by atoms with Gasteiger partial charge < -0.3 is 4.79 Å². The average Bonchev–Trinajstić information content (AvgIpc) is 1.83. The van der Waals surface area contributed by atoms with Crippen LogP contribution in [-0.2, 0) is 4.79 Å². The number of thiocarbonyl (C=S) groups is 1. The van der Waals surface area contributed by atoms with E-state index in [2.05, 4.69) is 0 Å². The number of carbonyl (C=O) groups excluding carboxylic acids is 1. The predicted molar refractivity (Wildman–Crippen MR) is 46.0 cm³/mol. The van der Waals surface area contributed by atoms with Crippen molar-refractivity contribution in [2.24, 2.45) is 0 Å². The zero-order chi connectivity index (χ0) is 7.28. The summed E-state index contributed by atoms with van der Waals surface area (Å²) >= 11 is 6.43. The average molecular weight is 162 g/mol. The topological polar surface area (TPSA) is 17.1 Å². The molecule has 52 valence electrons. The second kappa shape index (κ2) is 4.94. The second-order valence-electron chi connectivity index (χ2n) is 1.78. The molecule has 0 aromatic heterocycles. The van der Waals surface area contributed by atoms with Gasteiger partial charge in [0.25, 0.3) is 0 Å². The van der Waals surface area contributed by atoms with Crippen LogP contribution in [0, 0.1) is 0 Å². The molecule has 0 unspecified atom stereocenters. The Bertz CT molecular complexity index is 120. The lowest BCUT2D eigenvalue weighted by Crippen LogP contribution is -1.93. The fraction of sp³-hybridized carbons (Fsp3) is 0.667. The van der Waals surface area contributed by atoms with Crippen LogP contribution in [0.4, 0.5) is 0 Å².